The van der Waals surface area contributed by atoms with Crippen LogP contribution in [-0.4, -0.2) is 51.4 Å². The van der Waals surface area contributed by atoms with Crippen LogP contribution in [0, 0.1) is 0 Å². The van der Waals surface area contributed by atoms with Gasteiger partial charge in [0.2, 0.25) is 0 Å². The number of rotatable bonds is 6. The van der Waals surface area contributed by atoms with Crippen LogP contribution in [0.15, 0.2) is 30.3 Å². The van der Waals surface area contributed by atoms with Crippen LogP contribution in [0.5, 0.6) is 0 Å². The first-order chi connectivity index (χ1) is 11.5. The van der Waals surface area contributed by atoms with Crippen LogP contribution in [0.1, 0.15) is 12.0 Å². The molecule has 0 radical (unpaired) electrons. The Morgan fingerprint density at radius 3 is 1.65 bits per heavy atom. The van der Waals surface area contributed by atoms with Gasteiger partial charge >= 0.3 is 47.6 Å². The minimum absolute atomic E-state index is 0. The van der Waals surface area contributed by atoms with Gasteiger partial charge in [0.05, 0.1) is 12.4 Å². The van der Waals surface area contributed by atoms with Gasteiger partial charge in [0.25, 0.3) is 0 Å². The molecule has 0 saturated heterocycles. The van der Waals surface area contributed by atoms with Crippen molar-refractivity contribution in [1.82, 2.24) is 0 Å². The van der Waals surface area contributed by atoms with E-state index < -0.39 is 42.5 Å². The fraction of sp³-hybridized carbons (Fsp3) is 0.286. The van der Waals surface area contributed by atoms with E-state index in [1.54, 1.807) is 0 Å². The first kappa shape index (κ1) is 28.6. The Morgan fingerprint density at radius 1 is 0.962 bits per heavy atom. The van der Waals surface area contributed by atoms with Gasteiger partial charge in [0.1, 0.15) is 6.04 Å². The summed E-state index contributed by atoms with van der Waals surface area (Å²) in [5.41, 5.74) is 15.1. The molecular weight excluding hydrogens is 361 g/mol. The van der Waals surface area contributed by atoms with Crippen LogP contribution in [0.2, 0.25) is 0 Å². The van der Waals surface area contributed by atoms with Gasteiger partial charge in [-0.2, -0.15) is 0 Å². The number of carboxylic acid groups (broad SMARTS) is 4. The number of primary amides is 1. The van der Waals surface area contributed by atoms with Crippen LogP contribution < -0.4 is 51.9 Å². The summed E-state index contributed by atoms with van der Waals surface area (Å²) < 4.78 is 0. The number of amides is 1. The summed E-state index contributed by atoms with van der Waals surface area (Å²) >= 11 is 0. The standard InChI is InChI=1S/C9H11NO2.C4H7NO4.CH3NO2.Na/c10-8(9(11)12)6-7-4-2-1-3-5-7;5-2(4(8)9)1-3(6)7;2-1(3)4;/h1-5,8H,6,10H2,(H,11,12);2H,1,5H2,(H,6,7)(H,8,9);2H2,(H,3,4);/q;;;+1/p-1/t8-;2-;;/m00../s1. The summed E-state index contributed by atoms with van der Waals surface area (Å²) in [7, 11) is 0. The molecule has 0 fully saturated rings. The summed E-state index contributed by atoms with van der Waals surface area (Å²) in [6.45, 7) is 0. The van der Waals surface area contributed by atoms with Gasteiger partial charge in [0.15, 0.2) is 0 Å². The van der Waals surface area contributed by atoms with E-state index in [0.717, 1.165) is 5.56 Å². The van der Waals surface area contributed by atoms with E-state index in [1.165, 1.54) is 0 Å². The zero-order valence-corrected chi connectivity index (χ0v) is 16.1. The van der Waals surface area contributed by atoms with E-state index in [4.69, 9.17) is 31.6 Å². The predicted molar refractivity (Wildman–Crippen MR) is 83.2 cm³/mol. The average molecular weight is 381 g/mol. The Bertz CT molecular complexity index is 567. The van der Waals surface area contributed by atoms with E-state index in [0.29, 0.717) is 6.42 Å². The summed E-state index contributed by atoms with van der Waals surface area (Å²) in [6.07, 6.45) is -1.54. The molecule has 26 heavy (non-hydrogen) atoms. The zero-order valence-electron chi connectivity index (χ0n) is 14.1. The summed E-state index contributed by atoms with van der Waals surface area (Å²) in [6, 6.07) is 7.03. The molecule has 11 nitrogen and oxygen atoms in total. The van der Waals surface area contributed by atoms with E-state index >= 15 is 0 Å². The first-order valence-corrected chi connectivity index (χ1v) is 6.66. The monoisotopic (exact) mass is 381 g/mol. The quantitative estimate of drug-likeness (QED) is 0.256. The number of carbonyl (C=O) groups is 4. The molecule has 9 N–H and O–H groups in total. The van der Waals surface area contributed by atoms with E-state index in [1.807, 2.05) is 30.3 Å². The Kier molecular flexibility index (Phi) is 17.9. The molecule has 1 amide bonds. The Hall–Kier alpha value is -2.18. The molecular formula is C14H20N3NaO8. The maximum atomic E-state index is 10.3. The smallest absolute Gasteiger partial charge is 0.548 e. The molecule has 140 valence electrons. The van der Waals surface area contributed by atoms with E-state index in [9.17, 15) is 19.5 Å². The van der Waals surface area contributed by atoms with Crippen molar-refractivity contribution in [3.8, 4) is 0 Å². The minimum atomic E-state index is -1.33. The SMILES string of the molecule is NC(=O)O.N[C@@H](CC(=O)O)C(=O)O.N[C@@H](Cc1ccccc1)C(=O)[O-].[Na+]. The largest absolute Gasteiger partial charge is 1.00 e. The molecule has 1 aromatic rings. The van der Waals surface area contributed by atoms with Gasteiger partial charge in [-0.3, -0.25) is 9.59 Å². The first-order valence-electron chi connectivity index (χ1n) is 6.66. The molecule has 0 bridgehead atoms. The number of nitrogens with two attached hydrogens (primary N) is 3. The molecule has 0 saturated carbocycles. The molecule has 0 unspecified atom stereocenters. The molecule has 12 heteroatoms. The second-order valence-electron chi connectivity index (χ2n) is 4.50. The molecule has 0 aromatic heterocycles. The van der Waals surface area contributed by atoms with Gasteiger partial charge < -0.3 is 42.4 Å². The molecule has 1 aromatic carbocycles. The van der Waals surface area contributed by atoms with Crippen LogP contribution in [0.25, 0.3) is 0 Å². The third-order valence-electron chi connectivity index (χ3n) is 2.31. The van der Waals surface area contributed by atoms with Crippen molar-refractivity contribution in [3.63, 3.8) is 0 Å². The Morgan fingerprint density at radius 2 is 1.38 bits per heavy atom. The van der Waals surface area contributed by atoms with E-state index in [2.05, 4.69) is 5.73 Å². The number of hydrogen-bond acceptors (Lipinski definition) is 7. The number of carboxylic acids is 3. The molecule has 1 rings (SSSR count). The Balaban J connectivity index is -0.000000337. The zero-order chi connectivity index (χ0) is 20.0. The molecule has 0 spiro atoms. The van der Waals surface area contributed by atoms with Crippen molar-refractivity contribution >= 4 is 24.0 Å². The maximum absolute atomic E-state index is 10.3. The van der Waals surface area contributed by atoms with Gasteiger partial charge in [0, 0.05) is 6.04 Å². The topological polar surface area (TPSA) is 230 Å². The van der Waals surface area contributed by atoms with Crippen LogP contribution in [0.3, 0.4) is 0 Å². The fourth-order valence-electron chi connectivity index (χ4n) is 1.23. The van der Waals surface area contributed by atoms with Gasteiger partial charge in [-0.05, 0) is 12.0 Å². The Labute approximate surface area is 171 Å². The van der Waals surface area contributed by atoms with Crippen molar-refractivity contribution < 1.29 is 69.2 Å². The van der Waals surface area contributed by atoms with Crippen molar-refractivity contribution in [2.24, 2.45) is 17.2 Å². The molecule has 0 heterocycles. The summed E-state index contributed by atoms with van der Waals surface area (Å²) in [4.78, 5) is 38.7. The maximum Gasteiger partial charge on any atom is 1.00 e. The number of aliphatic carboxylic acids is 3. The van der Waals surface area contributed by atoms with Crippen molar-refractivity contribution in [3.05, 3.63) is 35.9 Å². The number of benzene rings is 1. The van der Waals surface area contributed by atoms with E-state index in [-0.39, 0.29) is 29.6 Å². The third-order valence-corrected chi connectivity index (χ3v) is 2.31. The summed E-state index contributed by atoms with van der Waals surface area (Å²) in [5, 5.41) is 33.5. The van der Waals surface area contributed by atoms with Gasteiger partial charge in [-0.1, -0.05) is 30.3 Å². The average Bonchev–Trinajstić information content (AvgIpc) is 2.47. The number of carbonyl (C=O) groups excluding carboxylic acids is 1. The predicted octanol–water partition coefficient (Wildman–Crippen LogP) is -5.19. The van der Waals surface area contributed by atoms with Gasteiger partial charge in [-0.15, -0.1) is 0 Å². The van der Waals surface area contributed by atoms with Crippen molar-refractivity contribution in [2.45, 2.75) is 24.9 Å². The van der Waals surface area contributed by atoms with Crippen molar-refractivity contribution in [2.75, 3.05) is 0 Å². The third kappa shape index (κ3) is 19.9. The minimum Gasteiger partial charge on any atom is -0.548 e. The second-order valence-corrected chi connectivity index (χ2v) is 4.50. The number of hydrogen-bond donors (Lipinski definition) is 6. The second kappa shape index (κ2) is 16.3. The van der Waals surface area contributed by atoms with Crippen LogP contribution >= 0.6 is 0 Å². The van der Waals surface area contributed by atoms with Crippen LogP contribution in [-0.2, 0) is 20.8 Å². The van der Waals surface area contributed by atoms with Crippen molar-refractivity contribution in [1.29, 1.82) is 0 Å². The molecule has 0 aliphatic rings. The summed E-state index contributed by atoms with van der Waals surface area (Å²) in [5.74, 6) is -3.71. The fourth-order valence-corrected chi connectivity index (χ4v) is 1.23. The normalized spacial score (nSPS) is 11.0. The molecule has 0 aliphatic carbocycles. The van der Waals surface area contributed by atoms with Crippen LogP contribution in [0.4, 0.5) is 4.79 Å². The molecule has 2 atom stereocenters. The van der Waals surface area contributed by atoms with Gasteiger partial charge in [-0.25, -0.2) is 4.79 Å². The molecule has 0 aliphatic heterocycles.